The molecule has 38 heavy (non-hydrogen) atoms. The number of nitrogens with one attached hydrogen (secondary N) is 1. The van der Waals surface area contributed by atoms with E-state index in [1.807, 2.05) is 44.2 Å². The average Bonchev–Trinajstić information content (AvgIpc) is 2.92. The van der Waals surface area contributed by atoms with Gasteiger partial charge in [-0.1, -0.05) is 52.0 Å². The van der Waals surface area contributed by atoms with Crippen molar-refractivity contribution in [3.8, 4) is 23.0 Å². The van der Waals surface area contributed by atoms with Crippen molar-refractivity contribution in [1.82, 2.24) is 14.9 Å². The summed E-state index contributed by atoms with van der Waals surface area (Å²) < 4.78 is 6.07. The second-order valence-corrected chi connectivity index (χ2v) is 9.90. The summed E-state index contributed by atoms with van der Waals surface area (Å²) in [6.45, 7) is 7.60. The highest BCUT2D eigenvalue weighted by atomic mass is 32.2. The molecule has 3 N–H and O–H groups in total. The van der Waals surface area contributed by atoms with Crippen molar-refractivity contribution in [1.29, 1.82) is 5.41 Å². The van der Waals surface area contributed by atoms with Crippen molar-refractivity contribution >= 4 is 34.3 Å². The number of aliphatic imine (C=N–C) groups is 1. The van der Waals surface area contributed by atoms with E-state index >= 15 is 0 Å². The predicted molar refractivity (Wildman–Crippen MR) is 152 cm³/mol. The molecule has 4 rings (SSSR count). The minimum atomic E-state index is -1.01. The van der Waals surface area contributed by atoms with Gasteiger partial charge in [-0.2, -0.15) is 4.99 Å². The Balaban J connectivity index is 0.00000195. The lowest BCUT2D eigenvalue weighted by molar-refractivity contribution is -0.126. The SMILES string of the molecule is CC.CN(C)C(=O)c1ccc(-c2ccc3c(n2)Oc2ncccc2C3C(C)(C)C(=O)N=C(N)SC=N)cc1. The number of ether oxygens (including phenoxy) is 1. The summed E-state index contributed by atoms with van der Waals surface area (Å²) in [6, 6.07) is 14.6. The van der Waals surface area contributed by atoms with E-state index in [0.717, 1.165) is 34.0 Å². The Morgan fingerprint density at radius 3 is 2.37 bits per heavy atom. The maximum absolute atomic E-state index is 13.2. The molecule has 1 aliphatic heterocycles. The Morgan fingerprint density at radius 1 is 1.08 bits per heavy atom. The molecule has 1 aliphatic rings. The lowest BCUT2D eigenvalue weighted by atomic mass is 9.70. The molecular weight excluding hydrogens is 500 g/mol. The minimum Gasteiger partial charge on any atom is -0.420 e. The number of nitrogens with zero attached hydrogens (tertiary/aromatic N) is 4. The summed E-state index contributed by atoms with van der Waals surface area (Å²) in [4.78, 5) is 40.1. The maximum Gasteiger partial charge on any atom is 0.254 e. The molecule has 1 atom stereocenters. The number of hydrogen-bond donors (Lipinski definition) is 2. The fourth-order valence-corrected chi connectivity index (χ4v) is 4.41. The molecule has 0 radical (unpaired) electrons. The van der Waals surface area contributed by atoms with E-state index in [2.05, 4.69) is 9.98 Å². The average molecular weight is 533 g/mol. The lowest BCUT2D eigenvalue weighted by Crippen LogP contribution is -2.34. The largest absolute Gasteiger partial charge is 0.420 e. The van der Waals surface area contributed by atoms with E-state index in [4.69, 9.17) is 20.9 Å². The number of amides is 2. The van der Waals surface area contributed by atoms with Crippen LogP contribution in [0.5, 0.6) is 11.8 Å². The molecule has 0 spiro atoms. The van der Waals surface area contributed by atoms with Crippen LogP contribution < -0.4 is 10.5 Å². The molecular formula is C28H32N6O3S. The van der Waals surface area contributed by atoms with Crippen molar-refractivity contribution in [2.45, 2.75) is 33.6 Å². The number of pyridine rings is 2. The molecule has 0 fully saturated rings. The van der Waals surface area contributed by atoms with E-state index in [1.54, 1.807) is 52.3 Å². The van der Waals surface area contributed by atoms with Crippen LogP contribution in [0.25, 0.3) is 11.3 Å². The Morgan fingerprint density at radius 2 is 1.74 bits per heavy atom. The third-order valence-electron chi connectivity index (χ3n) is 6.00. The summed E-state index contributed by atoms with van der Waals surface area (Å²) in [5, 5.41) is 7.18. The number of fused-ring (bicyclic) bond motifs is 2. The molecule has 2 amide bonds. The number of hydrogen-bond acceptors (Lipinski definition) is 7. The lowest BCUT2D eigenvalue weighted by Gasteiger charge is -2.36. The third kappa shape index (κ3) is 5.75. The fourth-order valence-electron chi connectivity index (χ4n) is 4.15. The van der Waals surface area contributed by atoms with Gasteiger partial charge in [0.1, 0.15) is 0 Å². The van der Waals surface area contributed by atoms with Gasteiger partial charge in [0.25, 0.3) is 11.8 Å². The van der Waals surface area contributed by atoms with Crippen LogP contribution in [0.2, 0.25) is 0 Å². The van der Waals surface area contributed by atoms with Gasteiger partial charge in [-0.05, 0) is 36.0 Å². The zero-order valence-corrected chi connectivity index (χ0v) is 23.2. The van der Waals surface area contributed by atoms with Crippen molar-refractivity contribution in [3.05, 3.63) is 71.4 Å². The van der Waals surface area contributed by atoms with Crippen LogP contribution in [0.1, 0.15) is 55.1 Å². The fraction of sp³-hybridized carbons (Fsp3) is 0.286. The molecule has 9 nitrogen and oxygen atoms in total. The zero-order valence-electron chi connectivity index (χ0n) is 22.4. The van der Waals surface area contributed by atoms with E-state index in [1.165, 1.54) is 4.90 Å². The van der Waals surface area contributed by atoms with Gasteiger partial charge in [-0.15, -0.1) is 0 Å². The number of nitrogens with two attached hydrogens (primary N) is 1. The van der Waals surface area contributed by atoms with Crippen molar-refractivity contribution < 1.29 is 14.3 Å². The van der Waals surface area contributed by atoms with Crippen LogP contribution in [-0.4, -0.2) is 51.5 Å². The molecule has 3 heterocycles. The first-order chi connectivity index (χ1) is 18.1. The molecule has 10 heteroatoms. The van der Waals surface area contributed by atoms with E-state index in [9.17, 15) is 9.59 Å². The zero-order chi connectivity index (χ0) is 28.0. The smallest absolute Gasteiger partial charge is 0.254 e. The predicted octanol–water partition coefficient (Wildman–Crippen LogP) is 5.32. The number of thioether (sulfide) groups is 1. The Bertz CT molecular complexity index is 1370. The summed E-state index contributed by atoms with van der Waals surface area (Å²) in [5.74, 6) is -0.224. The number of aromatic nitrogens is 2. The first kappa shape index (κ1) is 28.5. The first-order valence-electron chi connectivity index (χ1n) is 12.1. The summed E-state index contributed by atoms with van der Waals surface area (Å²) in [7, 11) is 3.42. The van der Waals surface area contributed by atoms with Gasteiger partial charge in [-0.25, -0.2) is 9.97 Å². The Hall–Kier alpha value is -4.05. The van der Waals surface area contributed by atoms with Gasteiger partial charge in [-0.3, -0.25) is 9.59 Å². The van der Waals surface area contributed by atoms with Crippen LogP contribution in [0.4, 0.5) is 0 Å². The molecule has 0 saturated carbocycles. The highest BCUT2D eigenvalue weighted by Gasteiger charge is 2.44. The van der Waals surface area contributed by atoms with Gasteiger partial charge in [0.15, 0.2) is 5.17 Å². The topological polar surface area (TPSA) is 135 Å². The van der Waals surface area contributed by atoms with E-state index in [0.29, 0.717) is 23.0 Å². The number of amidine groups is 1. The summed E-state index contributed by atoms with van der Waals surface area (Å²) >= 11 is 0.873. The number of carbonyl (C=O) groups is 2. The highest BCUT2D eigenvalue weighted by molar-refractivity contribution is 8.24. The standard InChI is InChI=1S/C26H26N6O3S.C2H6/c1-26(2,24(34)31-25(28)36-14-27)20-17-6-5-13-29-21(17)35-22-18(20)11-12-19(30-22)15-7-9-16(10-8-15)23(33)32(3)4;1-2/h5-14,20,27H,1-4H3,(H2,28,31,34);1-2H3. The van der Waals surface area contributed by atoms with Gasteiger partial charge in [0.2, 0.25) is 11.8 Å². The van der Waals surface area contributed by atoms with Crippen LogP contribution in [0.3, 0.4) is 0 Å². The Labute approximate surface area is 227 Å². The third-order valence-corrected chi connectivity index (χ3v) is 6.45. The molecule has 1 unspecified atom stereocenters. The van der Waals surface area contributed by atoms with Crippen molar-refractivity contribution in [2.24, 2.45) is 16.1 Å². The van der Waals surface area contributed by atoms with Gasteiger partial charge in [0.05, 0.1) is 16.7 Å². The van der Waals surface area contributed by atoms with Crippen LogP contribution in [-0.2, 0) is 4.79 Å². The molecule has 3 aromatic rings. The summed E-state index contributed by atoms with van der Waals surface area (Å²) in [5.41, 5.74) is 9.34. The molecule has 2 aromatic heterocycles. The summed E-state index contributed by atoms with van der Waals surface area (Å²) in [6.07, 6.45) is 1.62. The van der Waals surface area contributed by atoms with Crippen LogP contribution in [0.15, 0.2) is 59.7 Å². The van der Waals surface area contributed by atoms with Gasteiger partial charge < -0.3 is 20.8 Å². The normalized spacial score (nSPS) is 14.2. The van der Waals surface area contributed by atoms with Crippen molar-refractivity contribution in [2.75, 3.05) is 14.1 Å². The quantitative estimate of drug-likeness (QED) is 0.335. The molecule has 1 aromatic carbocycles. The van der Waals surface area contributed by atoms with Crippen molar-refractivity contribution in [3.63, 3.8) is 0 Å². The Kier molecular flexibility index (Phi) is 9.00. The second-order valence-electron chi connectivity index (χ2n) is 9.01. The minimum absolute atomic E-state index is 0.00596. The van der Waals surface area contributed by atoms with Crippen LogP contribution >= 0.6 is 11.8 Å². The second kappa shape index (κ2) is 12.0. The first-order valence-corrected chi connectivity index (χ1v) is 13.0. The monoisotopic (exact) mass is 532 g/mol. The maximum atomic E-state index is 13.2. The number of benzene rings is 1. The molecule has 0 saturated heterocycles. The number of carbonyl (C=O) groups excluding carboxylic acids is 2. The van der Waals surface area contributed by atoms with E-state index in [-0.39, 0.29) is 11.1 Å². The molecule has 198 valence electrons. The van der Waals surface area contributed by atoms with Gasteiger partial charge in [0, 0.05) is 48.5 Å². The molecule has 0 aliphatic carbocycles. The highest BCUT2D eigenvalue weighted by Crippen LogP contribution is 2.51. The number of rotatable bonds is 5. The van der Waals surface area contributed by atoms with Gasteiger partial charge >= 0.3 is 0 Å². The van der Waals surface area contributed by atoms with E-state index < -0.39 is 17.2 Å². The molecule has 0 bridgehead atoms. The van der Waals surface area contributed by atoms with Crippen LogP contribution in [0, 0.1) is 10.8 Å².